The lowest BCUT2D eigenvalue weighted by molar-refractivity contribution is 0.311. The highest BCUT2D eigenvalue weighted by atomic mass is 15.4. The number of anilines is 1. The number of pyridine rings is 1. The first-order valence-electron chi connectivity index (χ1n) is 5.98. The summed E-state index contributed by atoms with van der Waals surface area (Å²) in [4.78, 5) is 9.03. The molecule has 2 aromatic heterocycles. The van der Waals surface area contributed by atoms with E-state index in [-0.39, 0.29) is 0 Å². The van der Waals surface area contributed by atoms with Crippen molar-refractivity contribution in [1.82, 2.24) is 19.5 Å². The molecule has 90 valence electrons. The van der Waals surface area contributed by atoms with Gasteiger partial charge in [-0.3, -0.25) is 0 Å². The van der Waals surface area contributed by atoms with Crippen LogP contribution in [0.15, 0.2) is 18.5 Å². The van der Waals surface area contributed by atoms with Crippen LogP contribution in [0.4, 0.5) is 5.82 Å². The third-order valence-corrected chi connectivity index (χ3v) is 3.43. The van der Waals surface area contributed by atoms with Crippen LogP contribution >= 0.6 is 0 Å². The van der Waals surface area contributed by atoms with Gasteiger partial charge in [-0.15, -0.1) is 0 Å². The molecule has 1 aliphatic heterocycles. The van der Waals surface area contributed by atoms with E-state index in [1.54, 1.807) is 6.33 Å². The minimum Gasteiger partial charge on any atom is -0.354 e. The van der Waals surface area contributed by atoms with Gasteiger partial charge in [-0.05, 0) is 25.6 Å². The van der Waals surface area contributed by atoms with Crippen LogP contribution in [0.5, 0.6) is 0 Å². The summed E-state index contributed by atoms with van der Waals surface area (Å²) in [5, 5.41) is 4.32. The molecule has 3 rings (SSSR count). The second-order valence-corrected chi connectivity index (χ2v) is 4.66. The lowest BCUT2D eigenvalue weighted by Gasteiger charge is -2.33. The largest absolute Gasteiger partial charge is 0.354 e. The fraction of sp³-hybridized carbons (Fsp3) is 0.500. The average molecular weight is 231 g/mol. The Kier molecular flexibility index (Phi) is 2.48. The summed E-state index contributed by atoms with van der Waals surface area (Å²) in [7, 11) is 2.16. The molecule has 0 bridgehead atoms. The zero-order valence-electron chi connectivity index (χ0n) is 10.3. The molecule has 1 fully saturated rings. The van der Waals surface area contributed by atoms with Crippen molar-refractivity contribution in [3.8, 4) is 0 Å². The van der Waals surface area contributed by atoms with E-state index in [1.807, 2.05) is 4.52 Å². The molecule has 0 N–H and O–H groups in total. The molecule has 1 saturated heterocycles. The average Bonchev–Trinajstić information content (AvgIpc) is 2.81. The first-order valence-corrected chi connectivity index (χ1v) is 5.98. The quantitative estimate of drug-likeness (QED) is 0.727. The molecule has 5 nitrogen and oxygen atoms in total. The number of piperazine rings is 1. The number of nitrogens with zero attached hydrogens (tertiary/aromatic N) is 5. The predicted octanol–water partition coefficient (Wildman–Crippen LogP) is 0.790. The second-order valence-electron chi connectivity index (χ2n) is 4.66. The number of hydrogen-bond acceptors (Lipinski definition) is 4. The van der Waals surface area contributed by atoms with Gasteiger partial charge in [0.1, 0.15) is 12.1 Å². The molecule has 0 atom stereocenters. The summed E-state index contributed by atoms with van der Waals surface area (Å²) in [6.07, 6.45) is 1.63. The minimum absolute atomic E-state index is 0.960. The van der Waals surface area contributed by atoms with Gasteiger partial charge in [0.2, 0.25) is 0 Å². The third-order valence-electron chi connectivity index (χ3n) is 3.43. The number of aryl methyl sites for hydroxylation is 1. The number of aromatic nitrogens is 3. The molecular weight excluding hydrogens is 214 g/mol. The van der Waals surface area contributed by atoms with Gasteiger partial charge in [-0.25, -0.2) is 4.98 Å². The first kappa shape index (κ1) is 10.5. The number of fused-ring (bicyclic) bond motifs is 1. The second kappa shape index (κ2) is 4.00. The maximum atomic E-state index is 4.32. The van der Waals surface area contributed by atoms with E-state index in [4.69, 9.17) is 0 Å². The Hall–Kier alpha value is -1.62. The molecule has 0 radical (unpaired) electrons. The first-order chi connectivity index (χ1) is 8.25. The molecule has 0 saturated carbocycles. The Morgan fingerprint density at radius 1 is 1.12 bits per heavy atom. The van der Waals surface area contributed by atoms with Crippen molar-refractivity contribution >= 4 is 11.5 Å². The van der Waals surface area contributed by atoms with E-state index in [1.165, 1.54) is 5.56 Å². The molecule has 1 aliphatic rings. The molecular formula is C12H17N5. The fourth-order valence-electron chi connectivity index (χ4n) is 2.30. The Morgan fingerprint density at radius 2 is 1.88 bits per heavy atom. The maximum absolute atomic E-state index is 4.32. The van der Waals surface area contributed by atoms with E-state index >= 15 is 0 Å². The van der Waals surface area contributed by atoms with Crippen molar-refractivity contribution < 1.29 is 0 Å². The van der Waals surface area contributed by atoms with Crippen molar-refractivity contribution in [2.45, 2.75) is 6.92 Å². The molecule has 5 heteroatoms. The van der Waals surface area contributed by atoms with Crippen LogP contribution in [0, 0.1) is 6.92 Å². The van der Waals surface area contributed by atoms with Crippen LogP contribution in [0.3, 0.4) is 0 Å². The van der Waals surface area contributed by atoms with Crippen LogP contribution in [0.25, 0.3) is 5.65 Å². The number of rotatable bonds is 1. The molecule has 0 aliphatic carbocycles. The van der Waals surface area contributed by atoms with Crippen LogP contribution in [-0.4, -0.2) is 52.7 Å². The summed E-state index contributed by atoms with van der Waals surface area (Å²) in [5.41, 5.74) is 2.13. The topological polar surface area (TPSA) is 36.7 Å². The zero-order chi connectivity index (χ0) is 11.8. The molecule has 0 amide bonds. The Morgan fingerprint density at radius 3 is 2.65 bits per heavy atom. The van der Waals surface area contributed by atoms with Crippen LogP contribution in [0.1, 0.15) is 5.56 Å². The van der Waals surface area contributed by atoms with Gasteiger partial charge >= 0.3 is 0 Å². The fourth-order valence-corrected chi connectivity index (χ4v) is 2.30. The van der Waals surface area contributed by atoms with E-state index in [9.17, 15) is 0 Å². The third kappa shape index (κ3) is 1.76. The lowest BCUT2D eigenvalue weighted by Crippen LogP contribution is -2.45. The predicted molar refractivity (Wildman–Crippen MR) is 67.4 cm³/mol. The molecule has 3 heterocycles. The van der Waals surface area contributed by atoms with E-state index in [0.717, 1.165) is 37.6 Å². The van der Waals surface area contributed by atoms with Crippen molar-refractivity contribution in [3.63, 3.8) is 0 Å². The van der Waals surface area contributed by atoms with Crippen molar-refractivity contribution in [1.29, 1.82) is 0 Å². The summed E-state index contributed by atoms with van der Waals surface area (Å²) < 4.78 is 1.95. The molecule has 0 spiro atoms. The van der Waals surface area contributed by atoms with E-state index in [2.05, 4.69) is 46.0 Å². The van der Waals surface area contributed by atoms with Crippen molar-refractivity contribution in [3.05, 3.63) is 24.0 Å². The van der Waals surface area contributed by atoms with Gasteiger partial charge < -0.3 is 9.80 Å². The Bertz CT molecular complexity index is 525. The maximum Gasteiger partial charge on any atom is 0.160 e. The summed E-state index contributed by atoms with van der Waals surface area (Å²) in [6.45, 7) is 6.37. The minimum atomic E-state index is 0.960. The van der Waals surface area contributed by atoms with Crippen LogP contribution < -0.4 is 4.90 Å². The molecule has 2 aromatic rings. The molecule has 17 heavy (non-hydrogen) atoms. The van der Waals surface area contributed by atoms with Gasteiger partial charge in [0.05, 0.1) is 0 Å². The highest BCUT2D eigenvalue weighted by Crippen LogP contribution is 2.19. The van der Waals surface area contributed by atoms with Gasteiger partial charge in [0.25, 0.3) is 0 Å². The van der Waals surface area contributed by atoms with Crippen molar-refractivity contribution in [2.24, 2.45) is 0 Å². The standard InChI is InChI=1S/C12H17N5/c1-10-3-4-11(17-12(10)13-9-14-17)16-7-5-15(2)6-8-16/h3-4,9H,5-8H2,1-2H3. The van der Waals surface area contributed by atoms with E-state index in [0.29, 0.717) is 0 Å². The molecule has 0 unspecified atom stereocenters. The van der Waals surface area contributed by atoms with Gasteiger partial charge in [-0.2, -0.15) is 9.61 Å². The van der Waals surface area contributed by atoms with Gasteiger partial charge in [0.15, 0.2) is 5.65 Å². The van der Waals surface area contributed by atoms with Crippen LogP contribution in [-0.2, 0) is 0 Å². The Balaban J connectivity index is 2.00. The monoisotopic (exact) mass is 231 g/mol. The van der Waals surface area contributed by atoms with Crippen molar-refractivity contribution in [2.75, 3.05) is 38.1 Å². The normalized spacial score (nSPS) is 17.9. The Labute approximate surface area is 101 Å². The van der Waals surface area contributed by atoms with Gasteiger partial charge in [0, 0.05) is 26.2 Å². The SMILES string of the molecule is Cc1ccc(N2CCN(C)CC2)n2ncnc12. The van der Waals surface area contributed by atoms with E-state index < -0.39 is 0 Å². The zero-order valence-corrected chi connectivity index (χ0v) is 10.3. The smallest absolute Gasteiger partial charge is 0.160 e. The summed E-state index contributed by atoms with van der Waals surface area (Å²) in [5.74, 6) is 1.15. The highest BCUT2D eigenvalue weighted by Gasteiger charge is 2.17. The van der Waals surface area contributed by atoms with Gasteiger partial charge in [-0.1, -0.05) is 6.07 Å². The number of likely N-dealkylation sites (N-methyl/N-ethyl adjacent to an activating group) is 1. The lowest BCUT2D eigenvalue weighted by atomic mass is 10.2. The molecule has 0 aromatic carbocycles. The van der Waals surface area contributed by atoms with Crippen LogP contribution in [0.2, 0.25) is 0 Å². The highest BCUT2D eigenvalue weighted by molar-refractivity contribution is 5.55. The number of hydrogen-bond donors (Lipinski definition) is 0. The summed E-state index contributed by atoms with van der Waals surface area (Å²) >= 11 is 0. The summed E-state index contributed by atoms with van der Waals surface area (Å²) in [6, 6.07) is 4.26.